The van der Waals surface area contributed by atoms with Gasteiger partial charge in [-0.15, -0.1) is 0 Å². The van der Waals surface area contributed by atoms with Crippen LogP contribution in [0.4, 0.5) is 0 Å². The van der Waals surface area contributed by atoms with E-state index in [1.165, 1.54) is 14.2 Å². The van der Waals surface area contributed by atoms with Crippen LogP contribution in [-0.2, 0) is 17.9 Å². The van der Waals surface area contributed by atoms with Gasteiger partial charge in [0.2, 0.25) is 0 Å². The zero-order chi connectivity index (χ0) is 22.5. The van der Waals surface area contributed by atoms with Crippen LogP contribution in [0.5, 0.6) is 0 Å². The Balaban J connectivity index is 2.31. The van der Waals surface area contributed by atoms with Gasteiger partial charge in [-0.3, -0.25) is 0 Å². The summed E-state index contributed by atoms with van der Waals surface area (Å²) in [6.07, 6.45) is 0. The molecule has 0 atom stereocenters. The van der Waals surface area contributed by atoms with E-state index in [-0.39, 0.29) is 0 Å². The molecule has 0 heterocycles. The van der Waals surface area contributed by atoms with E-state index in [1.54, 1.807) is 0 Å². The van der Waals surface area contributed by atoms with Gasteiger partial charge in [0.25, 0.3) is 0 Å². The van der Waals surface area contributed by atoms with E-state index in [2.05, 4.69) is 0 Å². The molecule has 0 aliphatic carbocycles. The zero-order valence-electron chi connectivity index (χ0n) is 18.1. The van der Waals surface area contributed by atoms with Crippen molar-refractivity contribution in [1.82, 2.24) is 0 Å². The number of hydrogen-bond acceptors (Lipinski definition) is 4. The van der Waals surface area contributed by atoms with Crippen molar-refractivity contribution in [3.63, 3.8) is 0 Å². The molecule has 0 aliphatic rings. The first-order valence-electron chi connectivity index (χ1n) is 10.3. The van der Waals surface area contributed by atoms with Gasteiger partial charge in [-0.2, -0.15) is 0 Å². The Labute approximate surface area is 189 Å². The zero-order valence-corrected chi connectivity index (χ0v) is 19.9. The van der Waals surface area contributed by atoms with Crippen molar-refractivity contribution < 1.29 is 17.9 Å². The van der Waals surface area contributed by atoms with Crippen LogP contribution in [0.1, 0.15) is 0 Å². The molecule has 4 nitrogen and oxygen atoms in total. The van der Waals surface area contributed by atoms with Gasteiger partial charge in [0.15, 0.2) is 0 Å². The number of hydrogen-bond donors (Lipinski definition) is 0. The van der Waals surface area contributed by atoms with Crippen molar-refractivity contribution in [1.29, 1.82) is 0 Å². The fraction of sp³-hybridized carbons (Fsp3) is 0.0769. The number of phosphoric acid groups is 1. The van der Waals surface area contributed by atoms with E-state index in [0.29, 0.717) is 0 Å². The van der Waals surface area contributed by atoms with Gasteiger partial charge < -0.3 is 0 Å². The van der Waals surface area contributed by atoms with E-state index in [9.17, 15) is 4.57 Å². The molecule has 4 aromatic carbocycles. The van der Waals surface area contributed by atoms with E-state index >= 15 is 0 Å². The quantitative estimate of drug-likeness (QED) is 0.338. The predicted octanol–water partition coefficient (Wildman–Crippen LogP) is 5.17. The molecule has 164 valence electrons. The molecule has 32 heavy (non-hydrogen) atoms. The SMILES string of the molecule is COP(=O)(OC)OP(c1ccccc1)(c1ccccc1)(c1ccccc1)c1ccccc1. The first-order chi connectivity index (χ1) is 15.6. The first kappa shape index (κ1) is 22.6. The van der Waals surface area contributed by atoms with Gasteiger partial charge in [-0.1, -0.05) is 0 Å². The molecule has 0 amide bonds. The summed E-state index contributed by atoms with van der Waals surface area (Å²) in [4.78, 5) is 0. The van der Waals surface area contributed by atoms with Crippen molar-refractivity contribution in [2.75, 3.05) is 14.2 Å². The summed E-state index contributed by atoms with van der Waals surface area (Å²) in [5, 5.41) is 3.60. The summed E-state index contributed by atoms with van der Waals surface area (Å²) in [6.45, 7) is -4.07. The molecule has 0 radical (unpaired) electrons. The van der Waals surface area contributed by atoms with E-state index in [1.807, 2.05) is 121 Å². The molecule has 0 unspecified atom stereocenters. The molecule has 0 saturated heterocycles. The topological polar surface area (TPSA) is 44.8 Å². The summed E-state index contributed by atoms with van der Waals surface area (Å²) >= 11 is 0. The third-order valence-corrected chi connectivity index (χ3v) is 13.8. The molecule has 4 rings (SSSR count). The Morgan fingerprint density at radius 2 is 0.750 bits per heavy atom. The molecule has 0 fully saturated rings. The van der Waals surface area contributed by atoms with Crippen LogP contribution >= 0.6 is 14.7 Å². The third-order valence-electron chi connectivity index (χ3n) is 5.71. The van der Waals surface area contributed by atoms with Crippen LogP contribution in [0.2, 0.25) is 0 Å². The monoisotopic (exact) mass is 464 g/mol. The molecule has 0 aromatic heterocycles. The van der Waals surface area contributed by atoms with Gasteiger partial charge in [0, 0.05) is 0 Å². The Morgan fingerprint density at radius 3 is 0.969 bits per heavy atom. The van der Waals surface area contributed by atoms with Gasteiger partial charge in [0.1, 0.15) is 0 Å². The maximum absolute atomic E-state index is 13.8. The number of benzene rings is 4. The summed E-state index contributed by atoms with van der Waals surface area (Å²) < 4.78 is 31.5. The second-order valence-corrected chi connectivity index (χ2v) is 13.7. The summed E-state index contributed by atoms with van der Waals surface area (Å²) in [5.74, 6) is 0. The van der Waals surface area contributed by atoms with Crippen LogP contribution in [0.3, 0.4) is 0 Å². The van der Waals surface area contributed by atoms with E-state index < -0.39 is 14.7 Å². The van der Waals surface area contributed by atoms with Crippen LogP contribution in [-0.4, -0.2) is 14.2 Å². The first-order valence-corrected chi connectivity index (χ1v) is 13.9. The third kappa shape index (κ3) is 3.46. The average molecular weight is 464 g/mol. The minimum atomic E-state index is -4.07. The predicted molar refractivity (Wildman–Crippen MR) is 134 cm³/mol. The van der Waals surface area contributed by atoms with Crippen LogP contribution < -0.4 is 21.2 Å². The number of phosphoric ester groups is 1. The molecular weight excluding hydrogens is 438 g/mol. The van der Waals surface area contributed by atoms with E-state index in [0.717, 1.165) is 21.2 Å². The maximum atomic E-state index is 13.8. The molecular formula is C26H26O4P2. The number of rotatable bonds is 8. The summed E-state index contributed by atoms with van der Waals surface area (Å²) in [5.41, 5.74) is 0. The average Bonchev–Trinajstić information content (AvgIpc) is 2.89. The standard InChI is InChI=1S/C26H26O4P2/c1-28-31(27,29-2)30-32(23-15-7-3-8-16-23,24-17-9-4-10-18-24,25-19-11-5-12-20-25)26-21-13-6-14-22-26/h3-22H,1-2H3. The Kier molecular flexibility index (Phi) is 6.44. The van der Waals surface area contributed by atoms with E-state index in [4.69, 9.17) is 13.4 Å². The molecule has 0 saturated carbocycles. The second kappa shape index (κ2) is 9.11. The minimum absolute atomic E-state index is 0.899. The molecule has 0 N–H and O–H groups in total. The molecule has 0 spiro atoms. The van der Waals surface area contributed by atoms with Gasteiger partial charge in [-0.25, -0.2) is 0 Å². The molecule has 6 heteroatoms. The van der Waals surface area contributed by atoms with Crippen molar-refractivity contribution in [2.45, 2.75) is 0 Å². The van der Waals surface area contributed by atoms with Crippen molar-refractivity contribution >= 4 is 35.9 Å². The fourth-order valence-corrected chi connectivity index (χ4v) is 12.8. The molecule has 0 bridgehead atoms. The Hall–Kier alpha value is -2.58. The van der Waals surface area contributed by atoms with Crippen LogP contribution in [0, 0.1) is 0 Å². The Bertz CT molecular complexity index is 1020. The van der Waals surface area contributed by atoms with Gasteiger partial charge >= 0.3 is 189 Å². The van der Waals surface area contributed by atoms with Crippen molar-refractivity contribution in [3.8, 4) is 0 Å². The fourth-order valence-electron chi connectivity index (χ4n) is 4.27. The van der Waals surface area contributed by atoms with Gasteiger partial charge in [-0.05, 0) is 0 Å². The van der Waals surface area contributed by atoms with Gasteiger partial charge in [0.05, 0.1) is 0 Å². The van der Waals surface area contributed by atoms with Crippen molar-refractivity contribution in [3.05, 3.63) is 121 Å². The summed E-state index contributed by atoms with van der Waals surface area (Å²) in [7, 11) is -1.27. The molecule has 4 aromatic rings. The second-order valence-electron chi connectivity index (χ2n) is 7.27. The Morgan fingerprint density at radius 1 is 0.500 bits per heavy atom. The van der Waals surface area contributed by atoms with Crippen molar-refractivity contribution in [2.24, 2.45) is 0 Å². The van der Waals surface area contributed by atoms with Crippen LogP contribution in [0.25, 0.3) is 0 Å². The normalized spacial score (nSPS) is 13.2. The summed E-state index contributed by atoms with van der Waals surface area (Å²) in [6, 6.07) is 39.8. The van der Waals surface area contributed by atoms with Crippen LogP contribution in [0.15, 0.2) is 121 Å². The molecule has 0 aliphatic heterocycles.